The SMILES string of the molecule is CCOC(Cc1ccc(OCCN(CC(F)(F)C(F)(F)C(F)(F)C(F)(F)C(F)(F)C(F)(F)F)C(=O)OCc2ccc(F)cc2F)cc1)C(=O)O. The highest BCUT2D eigenvalue weighted by Crippen LogP contribution is 2.60. The van der Waals surface area contributed by atoms with Gasteiger partial charge in [0.25, 0.3) is 0 Å². The predicted octanol–water partition coefficient (Wildman–Crippen LogP) is 7.75. The number of aliphatic carboxylic acids is 1. The molecule has 0 saturated carbocycles. The molecule has 1 unspecified atom stereocenters. The molecule has 0 spiro atoms. The molecule has 0 aromatic heterocycles. The number of amides is 1. The van der Waals surface area contributed by atoms with Crippen LogP contribution in [0.5, 0.6) is 5.75 Å². The molecular formula is C28H24F15NO6. The minimum atomic E-state index is -8.17. The van der Waals surface area contributed by atoms with Gasteiger partial charge in [0.15, 0.2) is 6.10 Å². The fourth-order valence-corrected chi connectivity index (χ4v) is 3.87. The molecule has 0 bridgehead atoms. The van der Waals surface area contributed by atoms with Gasteiger partial charge in [0, 0.05) is 24.7 Å². The Bertz CT molecular complexity index is 1470. The van der Waals surface area contributed by atoms with Gasteiger partial charge in [-0.25, -0.2) is 18.4 Å². The number of carbonyl (C=O) groups excluding carboxylic acids is 1. The first-order valence-electron chi connectivity index (χ1n) is 13.6. The van der Waals surface area contributed by atoms with E-state index in [2.05, 4.69) is 4.74 Å². The summed E-state index contributed by atoms with van der Waals surface area (Å²) in [6.45, 7) is -5.21. The Hall–Kier alpha value is -4.11. The van der Waals surface area contributed by atoms with Crippen LogP contribution in [0.1, 0.15) is 18.1 Å². The maximum atomic E-state index is 14.7. The van der Waals surface area contributed by atoms with Gasteiger partial charge in [-0.2, -0.15) is 57.1 Å². The van der Waals surface area contributed by atoms with E-state index in [1.807, 2.05) is 0 Å². The molecule has 22 heteroatoms. The molecule has 1 amide bonds. The molecule has 0 heterocycles. The molecule has 0 aliphatic carbocycles. The van der Waals surface area contributed by atoms with E-state index < -0.39 is 102 Å². The minimum absolute atomic E-state index is 0.0427. The van der Waals surface area contributed by atoms with Gasteiger partial charge in [-0.15, -0.1) is 0 Å². The lowest BCUT2D eigenvalue weighted by molar-refractivity contribution is -0.440. The highest BCUT2D eigenvalue weighted by atomic mass is 19.4. The molecule has 50 heavy (non-hydrogen) atoms. The van der Waals surface area contributed by atoms with E-state index >= 15 is 0 Å². The van der Waals surface area contributed by atoms with Crippen LogP contribution in [-0.2, 0) is 27.3 Å². The summed E-state index contributed by atoms with van der Waals surface area (Å²) in [5.74, 6) is -42.7. The summed E-state index contributed by atoms with van der Waals surface area (Å²) in [6, 6.07) is 6.39. The standard InChI is InChI=1S/C28H24F15NO6/c1-2-48-20(21(45)46)11-15-3-7-18(8-4-15)49-10-9-44(22(47)50-13-16-5-6-17(29)12-19(16)30)14-23(31,32)24(33,34)25(35,36)26(37,38)27(39,40)28(41,42)43/h3-8,12,20H,2,9-11,13-14H2,1H3,(H,45,46). The number of hydrogen-bond acceptors (Lipinski definition) is 5. The number of carbonyl (C=O) groups is 2. The Labute approximate surface area is 271 Å². The zero-order chi connectivity index (χ0) is 38.5. The summed E-state index contributed by atoms with van der Waals surface area (Å²) >= 11 is 0. The Morgan fingerprint density at radius 3 is 1.86 bits per heavy atom. The van der Waals surface area contributed by atoms with Crippen LogP contribution in [0.3, 0.4) is 0 Å². The zero-order valence-corrected chi connectivity index (χ0v) is 25.0. The van der Waals surface area contributed by atoms with Crippen molar-refractivity contribution in [1.29, 1.82) is 0 Å². The normalized spacial score (nSPS) is 13.9. The zero-order valence-electron chi connectivity index (χ0n) is 25.0. The molecular weight excluding hydrogens is 731 g/mol. The average Bonchev–Trinajstić information content (AvgIpc) is 2.99. The predicted molar refractivity (Wildman–Crippen MR) is 138 cm³/mol. The lowest BCUT2D eigenvalue weighted by Gasteiger charge is -2.40. The average molecular weight is 755 g/mol. The van der Waals surface area contributed by atoms with Crippen molar-refractivity contribution in [2.45, 2.75) is 61.8 Å². The van der Waals surface area contributed by atoms with Gasteiger partial charge in [-0.05, 0) is 36.8 Å². The number of alkyl halides is 13. The highest BCUT2D eigenvalue weighted by Gasteiger charge is 2.90. The maximum absolute atomic E-state index is 14.7. The maximum Gasteiger partial charge on any atom is 0.460 e. The van der Waals surface area contributed by atoms with Crippen LogP contribution in [0.25, 0.3) is 0 Å². The molecule has 2 aromatic carbocycles. The van der Waals surface area contributed by atoms with E-state index in [0.717, 1.165) is 12.1 Å². The number of halogens is 15. The van der Waals surface area contributed by atoms with Crippen LogP contribution >= 0.6 is 0 Å². The summed E-state index contributed by atoms with van der Waals surface area (Å²) < 4.78 is 219. The van der Waals surface area contributed by atoms with Crippen LogP contribution in [0.15, 0.2) is 42.5 Å². The van der Waals surface area contributed by atoms with E-state index in [4.69, 9.17) is 14.6 Å². The van der Waals surface area contributed by atoms with Crippen LogP contribution in [0, 0.1) is 11.6 Å². The van der Waals surface area contributed by atoms with E-state index in [1.54, 1.807) is 0 Å². The van der Waals surface area contributed by atoms with Crippen LogP contribution < -0.4 is 4.74 Å². The second kappa shape index (κ2) is 15.4. The number of benzene rings is 2. The molecule has 7 nitrogen and oxygen atoms in total. The summed E-state index contributed by atoms with van der Waals surface area (Å²) in [7, 11) is 0. The molecule has 2 aromatic rings. The van der Waals surface area contributed by atoms with Crippen LogP contribution in [-0.4, -0.2) is 90.3 Å². The number of nitrogens with zero attached hydrogens (tertiary/aromatic N) is 1. The van der Waals surface area contributed by atoms with Gasteiger partial charge >= 0.3 is 47.9 Å². The Kier molecular flexibility index (Phi) is 13.0. The molecule has 0 aliphatic heterocycles. The van der Waals surface area contributed by atoms with E-state index in [0.29, 0.717) is 17.7 Å². The molecule has 0 radical (unpaired) electrons. The molecule has 0 saturated heterocycles. The van der Waals surface area contributed by atoms with Gasteiger partial charge in [0.1, 0.15) is 30.6 Å². The highest BCUT2D eigenvalue weighted by molar-refractivity contribution is 5.72. The number of hydrogen-bond donors (Lipinski definition) is 1. The minimum Gasteiger partial charge on any atom is -0.492 e. The molecule has 0 aliphatic rings. The first-order valence-corrected chi connectivity index (χ1v) is 13.6. The first kappa shape index (κ1) is 42.1. The van der Waals surface area contributed by atoms with Crippen molar-refractivity contribution in [3.8, 4) is 5.75 Å². The Balaban J connectivity index is 2.34. The topological polar surface area (TPSA) is 85.3 Å². The van der Waals surface area contributed by atoms with Crippen molar-refractivity contribution < 1.29 is 94.8 Å². The summed E-state index contributed by atoms with van der Waals surface area (Å²) in [4.78, 5) is 23.2. The molecule has 2 rings (SSSR count). The lowest BCUT2D eigenvalue weighted by atomic mass is 9.93. The van der Waals surface area contributed by atoms with Crippen molar-refractivity contribution in [2.24, 2.45) is 0 Å². The van der Waals surface area contributed by atoms with Crippen LogP contribution in [0.2, 0.25) is 0 Å². The van der Waals surface area contributed by atoms with E-state index in [9.17, 15) is 75.4 Å². The third-order valence-electron chi connectivity index (χ3n) is 6.63. The van der Waals surface area contributed by atoms with Crippen molar-refractivity contribution in [1.82, 2.24) is 4.90 Å². The monoisotopic (exact) mass is 755 g/mol. The van der Waals surface area contributed by atoms with Crippen molar-refractivity contribution in [2.75, 3.05) is 26.3 Å². The largest absolute Gasteiger partial charge is 0.492 e. The summed E-state index contributed by atoms with van der Waals surface area (Å²) in [6.07, 6.45) is -11.2. The first-order chi connectivity index (χ1) is 22.7. The number of rotatable bonds is 17. The number of ether oxygens (including phenoxy) is 3. The van der Waals surface area contributed by atoms with Crippen molar-refractivity contribution in [3.63, 3.8) is 0 Å². The fourth-order valence-electron chi connectivity index (χ4n) is 3.87. The molecule has 0 fully saturated rings. The third-order valence-corrected chi connectivity index (χ3v) is 6.63. The van der Waals surface area contributed by atoms with E-state index in [1.165, 1.54) is 19.1 Å². The van der Waals surface area contributed by atoms with Gasteiger partial charge in [-0.1, -0.05) is 12.1 Å². The third kappa shape index (κ3) is 8.97. The smallest absolute Gasteiger partial charge is 0.460 e. The second-order valence-corrected chi connectivity index (χ2v) is 10.2. The fraction of sp³-hybridized carbons (Fsp3) is 0.500. The van der Waals surface area contributed by atoms with Crippen molar-refractivity contribution in [3.05, 3.63) is 65.2 Å². The van der Waals surface area contributed by atoms with Gasteiger partial charge in [0.05, 0.1) is 13.1 Å². The van der Waals surface area contributed by atoms with Crippen molar-refractivity contribution >= 4 is 12.1 Å². The van der Waals surface area contributed by atoms with Crippen LogP contribution in [0.4, 0.5) is 70.7 Å². The summed E-state index contributed by atoms with van der Waals surface area (Å²) in [5, 5.41) is 9.16. The molecule has 1 N–H and O–H groups in total. The van der Waals surface area contributed by atoms with Gasteiger partial charge < -0.3 is 19.3 Å². The van der Waals surface area contributed by atoms with Gasteiger partial charge in [-0.3, -0.25) is 4.90 Å². The Morgan fingerprint density at radius 2 is 1.36 bits per heavy atom. The second-order valence-electron chi connectivity index (χ2n) is 10.2. The summed E-state index contributed by atoms with van der Waals surface area (Å²) in [5.41, 5.74) is -0.310. The number of carboxylic acid groups (broad SMARTS) is 1. The van der Waals surface area contributed by atoms with E-state index in [-0.39, 0.29) is 24.8 Å². The molecule has 282 valence electrons. The Morgan fingerprint density at radius 1 is 0.800 bits per heavy atom. The molecule has 1 atom stereocenters. The number of carboxylic acids is 1. The lowest BCUT2D eigenvalue weighted by Crippen LogP contribution is -2.71. The van der Waals surface area contributed by atoms with Gasteiger partial charge in [0.2, 0.25) is 0 Å². The quantitative estimate of drug-likeness (QED) is 0.166.